The topological polar surface area (TPSA) is 110 Å². The van der Waals surface area contributed by atoms with Crippen LogP contribution in [0.5, 0.6) is 0 Å². The average Bonchev–Trinajstić information content (AvgIpc) is 2.47. The Labute approximate surface area is 120 Å². The Morgan fingerprint density at radius 1 is 1.50 bits per heavy atom. The molecule has 1 aliphatic heterocycles. The molecule has 2 rings (SSSR count). The number of carbonyl (C=O) groups excluding carboxylic acids is 1. The van der Waals surface area contributed by atoms with Crippen molar-refractivity contribution < 1.29 is 9.72 Å². The molecule has 0 spiro atoms. The van der Waals surface area contributed by atoms with E-state index in [-0.39, 0.29) is 23.3 Å². The average molecular weight is 296 g/mol. The lowest BCUT2D eigenvalue weighted by Crippen LogP contribution is -2.38. The first-order chi connectivity index (χ1) is 9.61. The van der Waals surface area contributed by atoms with Crippen LogP contribution in [0.15, 0.2) is 18.2 Å². The molecule has 1 aromatic carbocycles. The van der Waals surface area contributed by atoms with Crippen molar-refractivity contribution in [1.29, 1.82) is 0 Å². The second kappa shape index (κ2) is 6.58. The van der Waals surface area contributed by atoms with E-state index >= 15 is 0 Å². The Bertz CT molecular complexity index is 517. The van der Waals surface area contributed by atoms with Crippen molar-refractivity contribution >= 4 is 29.0 Å². The van der Waals surface area contributed by atoms with Gasteiger partial charge in [-0.05, 0) is 30.7 Å². The van der Waals surface area contributed by atoms with E-state index in [1.807, 2.05) is 11.8 Å². The summed E-state index contributed by atoms with van der Waals surface area (Å²) in [5.74, 6) is 7.05. The maximum absolute atomic E-state index is 12.1. The molecule has 0 aromatic heterocycles. The Balaban J connectivity index is 2.11. The summed E-state index contributed by atoms with van der Waals surface area (Å²) in [6, 6.07) is 4.26. The minimum absolute atomic E-state index is 0.126. The summed E-state index contributed by atoms with van der Waals surface area (Å²) in [7, 11) is 0. The Morgan fingerprint density at radius 3 is 2.90 bits per heavy atom. The van der Waals surface area contributed by atoms with E-state index in [0.29, 0.717) is 5.56 Å². The number of nitrogens with zero attached hydrogens (tertiary/aromatic N) is 1. The van der Waals surface area contributed by atoms with Crippen molar-refractivity contribution in [1.82, 2.24) is 5.32 Å². The number of nitrogens with two attached hydrogens (primary N) is 1. The van der Waals surface area contributed by atoms with Crippen LogP contribution < -0.4 is 16.6 Å². The highest BCUT2D eigenvalue weighted by Crippen LogP contribution is 2.25. The highest BCUT2D eigenvalue weighted by Gasteiger charge is 2.19. The third-order valence-corrected chi connectivity index (χ3v) is 4.32. The molecule has 20 heavy (non-hydrogen) atoms. The standard InChI is InChI=1S/C12H16N4O3S/c13-15-10-6-8(3-4-11(10)16(18)19)12(17)14-9-2-1-5-20-7-9/h3-4,6,9,15H,1-2,5,7,13H2,(H,14,17). The molecule has 0 aliphatic carbocycles. The first-order valence-electron chi connectivity index (χ1n) is 6.25. The van der Waals surface area contributed by atoms with E-state index in [0.717, 1.165) is 24.3 Å². The predicted octanol–water partition coefficient (Wildman–Crippen LogP) is 1.51. The maximum atomic E-state index is 12.1. The first kappa shape index (κ1) is 14.6. The van der Waals surface area contributed by atoms with Gasteiger partial charge in [-0.15, -0.1) is 0 Å². The normalized spacial score (nSPS) is 18.4. The number of nitrogen functional groups attached to an aromatic ring is 1. The fourth-order valence-electron chi connectivity index (χ4n) is 2.08. The number of hydrogen-bond donors (Lipinski definition) is 3. The summed E-state index contributed by atoms with van der Waals surface area (Å²) < 4.78 is 0. The van der Waals surface area contributed by atoms with Crippen LogP contribution in [0.3, 0.4) is 0 Å². The van der Waals surface area contributed by atoms with Crippen LogP contribution in [0.1, 0.15) is 23.2 Å². The van der Waals surface area contributed by atoms with E-state index in [4.69, 9.17) is 5.84 Å². The number of carbonyl (C=O) groups is 1. The number of nitro groups is 1. The lowest BCUT2D eigenvalue weighted by atomic mass is 10.1. The summed E-state index contributed by atoms with van der Waals surface area (Å²) in [4.78, 5) is 22.3. The molecule has 4 N–H and O–H groups in total. The molecule has 7 nitrogen and oxygen atoms in total. The number of anilines is 1. The van der Waals surface area contributed by atoms with Gasteiger partial charge < -0.3 is 10.7 Å². The van der Waals surface area contributed by atoms with E-state index in [1.165, 1.54) is 18.2 Å². The molecular weight excluding hydrogens is 280 g/mol. The molecule has 0 saturated carbocycles. The zero-order valence-electron chi connectivity index (χ0n) is 10.8. The van der Waals surface area contributed by atoms with Crippen LogP contribution >= 0.6 is 11.8 Å². The van der Waals surface area contributed by atoms with Gasteiger partial charge in [-0.2, -0.15) is 11.8 Å². The van der Waals surface area contributed by atoms with Gasteiger partial charge in [0.05, 0.1) is 4.92 Å². The summed E-state index contributed by atoms with van der Waals surface area (Å²) in [6.45, 7) is 0. The third-order valence-electron chi connectivity index (χ3n) is 3.11. The molecule has 1 aliphatic rings. The predicted molar refractivity (Wildman–Crippen MR) is 78.7 cm³/mol. The third kappa shape index (κ3) is 3.40. The molecular formula is C12H16N4O3S. The summed E-state index contributed by atoms with van der Waals surface area (Å²) in [5, 5.41) is 13.7. The molecule has 8 heteroatoms. The number of nitro benzene ring substituents is 1. The molecule has 0 bridgehead atoms. The number of nitrogens with one attached hydrogen (secondary N) is 2. The van der Waals surface area contributed by atoms with Crippen molar-refractivity contribution in [2.24, 2.45) is 5.84 Å². The van der Waals surface area contributed by atoms with E-state index in [1.54, 1.807) is 0 Å². The van der Waals surface area contributed by atoms with E-state index < -0.39 is 4.92 Å². The number of amides is 1. The van der Waals surface area contributed by atoms with Crippen LogP contribution in [0.2, 0.25) is 0 Å². The highest BCUT2D eigenvalue weighted by molar-refractivity contribution is 7.99. The largest absolute Gasteiger partial charge is 0.348 e. The Hall–Kier alpha value is -1.80. The molecule has 1 fully saturated rings. The van der Waals surface area contributed by atoms with Crippen LogP contribution in [0.25, 0.3) is 0 Å². The van der Waals surface area contributed by atoms with Crippen molar-refractivity contribution in [2.45, 2.75) is 18.9 Å². The quantitative estimate of drug-likeness (QED) is 0.441. The lowest BCUT2D eigenvalue weighted by Gasteiger charge is -2.22. The van der Waals surface area contributed by atoms with Gasteiger partial charge in [0, 0.05) is 23.4 Å². The molecule has 1 atom stereocenters. The van der Waals surface area contributed by atoms with Gasteiger partial charge >= 0.3 is 0 Å². The van der Waals surface area contributed by atoms with Crippen molar-refractivity contribution in [2.75, 3.05) is 16.9 Å². The minimum Gasteiger partial charge on any atom is -0.348 e. The smallest absolute Gasteiger partial charge is 0.293 e. The highest BCUT2D eigenvalue weighted by atomic mass is 32.2. The van der Waals surface area contributed by atoms with E-state index in [2.05, 4.69) is 10.7 Å². The second-order valence-corrected chi connectivity index (χ2v) is 5.67. The number of hydrogen-bond acceptors (Lipinski definition) is 6. The zero-order chi connectivity index (χ0) is 14.5. The molecule has 108 valence electrons. The molecule has 1 heterocycles. The van der Waals surface area contributed by atoms with Gasteiger partial charge in [0.25, 0.3) is 11.6 Å². The molecule has 1 amide bonds. The summed E-state index contributed by atoms with van der Waals surface area (Å²) in [6.07, 6.45) is 2.05. The fourth-order valence-corrected chi connectivity index (χ4v) is 3.15. The number of hydrazine groups is 1. The fraction of sp³-hybridized carbons (Fsp3) is 0.417. The first-order valence-corrected chi connectivity index (χ1v) is 7.41. The van der Waals surface area contributed by atoms with Crippen molar-refractivity contribution in [3.8, 4) is 0 Å². The number of rotatable bonds is 4. The Kier molecular flexibility index (Phi) is 4.80. The van der Waals surface area contributed by atoms with Gasteiger partial charge in [-0.1, -0.05) is 0 Å². The molecule has 1 saturated heterocycles. The number of benzene rings is 1. The second-order valence-electron chi connectivity index (χ2n) is 4.52. The molecule has 1 aromatic rings. The van der Waals surface area contributed by atoms with Gasteiger partial charge in [-0.25, -0.2) is 0 Å². The molecule has 1 unspecified atom stereocenters. The van der Waals surface area contributed by atoms with Crippen LogP contribution in [-0.4, -0.2) is 28.4 Å². The zero-order valence-corrected chi connectivity index (χ0v) is 11.6. The monoisotopic (exact) mass is 296 g/mol. The van der Waals surface area contributed by atoms with Crippen molar-refractivity contribution in [3.05, 3.63) is 33.9 Å². The van der Waals surface area contributed by atoms with Crippen LogP contribution in [0.4, 0.5) is 11.4 Å². The lowest BCUT2D eigenvalue weighted by molar-refractivity contribution is -0.384. The van der Waals surface area contributed by atoms with Gasteiger partial charge in [0.2, 0.25) is 0 Å². The number of thioether (sulfide) groups is 1. The van der Waals surface area contributed by atoms with E-state index in [9.17, 15) is 14.9 Å². The summed E-state index contributed by atoms with van der Waals surface area (Å²) >= 11 is 1.82. The minimum atomic E-state index is -0.547. The van der Waals surface area contributed by atoms with Crippen molar-refractivity contribution in [3.63, 3.8) is 0 Å². The van der Waals surface area contributed by atoms with Gasteiger partial charge in [0.15, 0.2) is 0 Å². The molecule has 0 radical (unpaired) electrons. The van der Waals surface area contributed by atoms with Crippen LogP contribution in [0, 0.1) is 10.1 Å². The SMILES string of the molecule is NNc1cc(C(=O)NC2CCCSC2)ccc1[N+](=O)[O-]. The maximum Gasteiger partial charge on any atom is 0.293 e. The van der Waals surface area contributed by atoms with Gasteiger partial charge in [0.1, 0.15) is 5.69 Å². The van der Waals surface area contributed by atoms with Crippen LogP contribution in [-0.2, 0) is 0 Å². The summed E-state index contributed by atoms with van der Waals surface area (Å²) in [5.41, 5.74) is 2.58. The Morgan fingerprint density at radius 2 is 2.30 bits per heavy atom. The van der Waals surface area contributed by atoms with Gasteiger partial charge in [-0.3, -0.25) is 20.8 Å².